The predicted molar refractivity (Wildman–Crippen MR) is 113 cm³/mol. The molecule has 1 aliphatic rings. The third kappa shape index (κ3) is 12.2. The molecular weight excluding hydrogens is 356 g/mol. The van der Waals surface area contributed by atoms with Gasteiger partial charge >= 0.3 is 0 Å². The molecule has 0 aromatic carbocycles. The minimum Gasteiger partial charge on any atom is -0.388 e. The van der Waals surface area contributed by atoms with Crippen LogP contribution in [0.5, 0.6) is 0 Å². The van der Waals surface area contributed by atoms with E-state index < -0.39 is 24.4 Å². The van der Waals surface area contributed by atoms with Gasteiger partial charge in [-0.15, -0.1) is 6.58 Å². The molecule has 0 aromatic heterocycles. The molecule has 5 nitrogen and oxygen atoms in total. The molecule has 1 fully saturated rings. The average molecular weight is 401 g/mol. The minimum absolute atomic E-state index is 0.0684. The number of aliphatic hydroxyl groups is 3. The summed E-state index contributed by atoms with van der Waals surface area (Å²) in [6.45, 7) is 4.59. The highest BCUT2D eigenvalue weighted by molar-refractivity contribution is 4.87. The fraction of sp³-hybridized carbons (Fsp3) is 0.913. The third-order valence-electron chi connectivity index (χ3n) is 5.56. The van der Waals surface area contributed by atoms with Gasteiger partial charge in [-0.05, 0) is 19.3 Å². The molecule has 0 unspecified atom stereocenters. The van der Waals surface area contributed by atoms with Crippen molar-refractivity contribution >= 4 is 0 Å². The fourth-order valence-corrected chi connectivity index (χ4v) is 3.70. The molecule has 1 aliphatic heterocycles. The van der Waals surface area contributed by atoms with Gasteiger partial charge in [0.2, 0.25) is 0 Å². The number of unbranched alkanes of at least 4 members (excludes halogenated alkanes) is 13. The quantitative estimate of drug-likeness (QED) is 0.224. The van der Waals surface area contributed by atoms with Gasteiger partial charge in [0.15, 0.2) is 0 Å². The highest BCUT2D eigenvalue weighted by Gasteiger charge is 2.39. The average Bonchev–Trinajstić information content (AvgIpc) is 3.03. The van der Waals surface area contributed by atoms with Gasteiger partial charge in [-0.1, -0.05) is 76.7 Å². The van der Waals surface area contributed by atoms with Gasteiger partial charge in [0.25, 0.3) is 0 Å². The standard InChI is InChI=1S/C23H44O5/c1-2-3-4-5-6-7-8-9-10-11-12-13-14-15-16-17-27-18-21(25)23-22(26)20(24)19-28-23/h2,20-26H,1,3-19H2/t20-,21+,22+,23+/m0/s1. The summed E-state index contributed by atoms with van der Waals surface area (Å²) in [4.78, 5) is 0. The molecule has 0 aliphatic carbocycles. The van der Waals surface area contributed by atoms with E-state index in [0.717, 1.165) is 12.8 Å². The molecule has 0 aromatic rings. The zero-order chi connectivity index (χ0) is 20.5. The lowest BCUT2D eigenvalue weighted by molar-refractivity contribution is -0.0813. The molecular formula is C23H44O5. The summed E-state index contributed by atoms with van der Waals surface area (Å²) in [6.07, 6.45) is 16.6. The molecule has 0 bridgehead atoms. The first-order chi connectivity index (χ1) is 13.7. The summed E-state index contributed by atoms with van der Waals surface area (Å²) >= 11 is 0. The van der Waals surface area contributed by atoms with Crippen LogP contribution in [0.4, 0.5) is 0 Å². The largest absolute Gasteiger partial charge is 0.388 e. The molecule has 28 heavy (non-hydrogen) atoms. The first-order valence-electron chi connectivity index (χ1n) is 11.5. The Balaban J connectivity index is 1.76. The van der Waals surface area contributed by atoms with Crippen LogP contribution in [-0.2, 0) is 9.47 Å². The summed E-state index contributed by atoms with van der Waals surface area (Å²) in [6, 6.07) is 0. The maximum absolute atomic E-state index is 9.94. The normalized spacial score (nSPS) is 23.2. The smallest absolute Gasteiger partial charge is 0.114 e. The van der Waals surface area contributed by atoms with E-state index in [2.05, 4.69) is 6.58 Å². The number of hydrogen-bond donors (Lipinski definition) is 3. The lowest BCUT2D eigenvalue weighted by atomic mass is 10.0. The van der Waals surface area contributed by atoms with Crippen LogP contribution in [0.3, 0.4) is 0 Å². The maximum atomic E-state index is 9.94. The van der Waals surface area contributed by atoms with Crippen molar-refractivity contribution in [2.24, 2.45) is 0 Å². The van der Waals surface area contributed by atoms with E-state index >= 15 is 0 Å². The molecule has 1 saturated heterocycles. The van der Waals surface area contributed by atoms with Crippen LogP contribution < -0.4 is 0 Å². The monoisotopic (exact) mass is 400 g/mol. The maximum Gasteiger partial charge on any atom is 0.114 e. The molecule has 0 spiro atoms. The summed E-state index contributed by atoms with van der Waals surface area (Å²) in [5.74, 6) is 0. The third-order valence-corrected chi connectivity index (χ3v) is 5.56. The Bertz CT molecular complexity index is 363. The van der Waals surface area contributed by atoms with Crippen LogP contribution >= 0.6 is 0 Å². The molecule has 166 valence electrons. The van der Waals surface area contributed by atoms with Crippen molar-refractivity contribution in [2.45, 2.75) is 114 Å². The minimum atomic E-state index is -1.03. The second kappa shape index (κ2) is 17.4. The van der Waals surface area contributed by atoms with Gasteiger partial charge in [0.05, 0.1) is 13.2 Å². The SMILES string of the molecule is C=CCCCCCCCCCCCCCCCOC[C@@H](O)[C@H]1OC[C@H](O)[C@H]1O. The van der Waals surface area contributed by atoms with E-state index in [4.69, 9.17) is 9.47 Å². The van der Waals surface area contributed by atoms with Gasteiger partial charge in [-0.3, -0.25) is 0 Å². The van der Waals surface area contributed by atoms with Crippen molar-refractivity contribution in [3.05, 3.63) is 12.7 Å². The van der Waals surface area contributed by atoms with Crippen molar-refractivity contribution in [3.63, 3.8) is 0 Å². The van der Waals surface area contributed by atoms with Gasteiger partial charge in [-0.25, -0.2) is 0 Å². The van der Waals surface area contributed by atoms with E-state index in [9.17, 15) is 15.3 Å². The predicted octanol–water partition coefficient (Wildman–Crippen LogP) is 4.13. The van der Waals surface area contributed by atoms with Gasteiger partial charge in [0, 0.05) is 6.61 Å². The fourth-order valence-electron chi connectivity index (χ4n) is 3.70. The zero-order valence-electron chi connectivity index (χ0n) is 17.8. The highest BCUT2D eigenvalue weighted by Crippen LogP contribution is 2.18. The second-order valence-corrected chi connectivity index (χ2v) is 8.17. The Labute approximate surface area is 172 Å². The first kappa shape index (κ1) is 25.6. The number of ether oxygens (including phenoxy) is 2. The summed E-state index contributed by atoms with van der Waals surface area (Å²) < 4.78 is 10.7. The Hall–Kier alpha value is -0.460. The van der Waals surface area contributed by atoms with Crippen LogP contribution in [-0.4, -0.2) is 59.6 Å². The Kier molecular flexibility index (Phi) is 15.9. The molecule has 3 N–H and O–H groups in total. The van der Waals surface area contributed by atoms with E-state index in [0.29, 0.717) is 6.61 Å². The number of aliphatic hydroxyl groups excluding tert-OH is 3. The van der Waals surface area contributed by atoms with Crippen molar-refractivity contribution in [3.8, 4) is 0 Å². The van der Waals surface area contributed by atoms with Crippen molar-refractivity contribution < 1.29 is 24.8 Å². The van der Waals surface area contributed by atoms with Gasteiger partial charge < -0.3 is 24.8 Å². The Morgan fingerprint density at radius 3 is 1.82 bits per heavy atom. The van der Waals surface area contributed by atoms with Crippen molar-refractivity contribution in [2.75, 3.05) is 19.8 Å². The zero-order valence-corrected chi connectivity index (χ0v) is 17.8. The Morgan fingerprint density at radius 2 is 1.36 bits per heavy atom. The van der Waals surface area contributed by atoms with Crippen LogP contribution in [0.15, 0.2) is 12.7 Å². The molecule has 4 atom stereocenters. The first-order valence-corrected chi connectivity index (χ1v) is 11.5. The number of hydrogen-bond acceptors (Lipinski definition) is 5. The molecule has 5 heteroatoms. The second-order valence-electron chi connectivity index (χ2n) is 8.17. The van der Waals surface area contributed by atoms with Crippen LogP contribution in [0.2, 0.25) is 0 Å². The molecule has 1 rings (SSSR count). The van der Waals surface area contributed by atoms with Crippen molar-refractivity contribution in [1.29, 1.82) is 0 Å². The van der Waals surface area contributed by atoms with E-state index in [1.165, 1.54) is 77.0 Å². The van der Waals surface area contributed by atoms with E-state index in [1.807, 2.05) is 6.08 Å². The molecule has 1 heterocycles. The van der Waals surface area contributed by atoms with E-state index in [1.54, 1.807) is 0 Å². The van der Waals surface area contributed by atoms with Crippen LogP contribution in [0.25, 0.3) is 0 Å². The van der Waals surface area contributed by atoms with Crippen LogP contribution in [0.1, 0.15) is 89.9 Å². The molecule has 0 amide bonds. The Morgan fingerprint density at radius 1 is 0.857 bits per heavy atom. The van der Waals surface area contributed by atoms with Crippen LogP contribution in [0, 0.1) is 0 Å². The van der Waals surface area contributed by atoms with Gasteiger partial charge in [-0.2, -0.15) is 0 Å². The van der Waals surface area contributed by atoms with Crippen molar-refractivity contribution in [1.82, 2.24) is 0 Å². The summed E-state index contributed by atoms with van der Waals surface area (Å²) in [5, 5.41) is 29.0. The lowest BCUT2D eigenvalue weighted by Crippen LogP contribution is -2.40. The summed E-state index contributed by atoms with van der Waals surface area (Å²) in [5.41, 5.74) is 0. The van der Waals surface area contributed by atoms with E-state index in [-0.39, 0.29) is 13.2 Å². The number of allylic oxidation sites excluding steroid dienone is 1. The van der Waals surface area contributed by atoms with Gasteiger partial charge in [0.1, 0.15) is 24.4 Å². The highest BCUT2D eigenvalue weighted by atomic mass is 16.5. The summed E-state index contributed by atoms with van der Waals surface area (Å²) in [7, 11) is 0. The molecule has 0 saturated carbocycles. The lowest BCUT2D eigenvalue weighted by Gasteiger charge is -2.20. The number of rotatable bonds is 19. The topological polar surface area (TPSA) is 79.2 Å². The molecule has 0 radical (unpaired) electrons.